The number of aliphatic carboxylic acids is 3. The summed E-state index contributed by atoms with van der Waals surface area (Å²) in [6.07, 6.45) is 0.00629. The zero-order chi connectivity index (χ0) is 29.3. The lowest BCUT2D eigenvalue weighted by molar-refractivity contribution is -0.143. The number of fused-ring (bicyclic) bond motifs is 1. The van der Waals surface area contributed by atoms with Gasteiger partial charge in [-0.1, -0.05) is 32.0 Å². The number of rotatable bonds is 15. The quantitative estimate of drug-likeness (QED) is 0.143. The number of nitrogens with one attached hydrogen (secondary N) is 4. The molecule has 0 spiro atoms. The van der Waals surface area contributed by atoms with Gasteiger partial charge in [0.15, 0.2) is 0 Å². The Morgan fingerprint density at radius 3 is 1.97 bits per heavy atom. The number of aromatic amines is 1. The van der Waals surface area contributed by atoms with Crippen molar-refractivity contribution in [3.8, 4) is 0 Å². The van der Waals surface area contributed by atoms with Crippen LogP contribution in [-0.2, 0) is 35.2 Å². The van der Waals surface area contributed by atoms with E-state index in [0.717, 1.165) is 10.9 Å². The summed E-state index contributed by atoms with van der Waals surface area (Å²) in [5.41, 5.74) is 6.89. The standard InChI is InChI=1S/C25H33N5O9/c1-12(2)7-19(25(38)39)30-23(36)17(8-13-11-27-16-6-4-3-5-14(13)16)29-24(37)18(10-21(33)34)28-22(35)15(26)9-20(31)32/h3-6,11-12,15,17-19,27H,7-10,26H2,1-2H3,(H,28,35)(H,29,37)(H,30,36)(H,31,32)(H,33,34)(H,38,39). The third-order valence-corrected chi connectivity index (χ3v) is 5.80. The van der Waals surface area contributed by atoms with Crippen LogP contribution in [0.4, 0.5) is 0 Å². The summed E-state index contributed by atoms with van der Waals surface area (Å²) in [6, 6.07) is 1.31. The fourth-order valence-corrected chi connectivity index (χ4v) is 3.91. The number of hydrogen-bond donors (Lipinski definition) is 8. The zero-order valence-corrected chi connectivity index (χ0v) is 21.5. The van der Waals surface area contributed by atoms with E-state index in [0.29, 0.717) is 5.56 Å². The number of benzene rings is 1. The van der Waals surface area contributed by atoms with E-state index in [1.807, 2.05) is 0 Å². The maximum Gasteiger partial charge on any atom is 0.326 e. The molecule has 4 unspecified atom stereocenters. The molecule has 0 radical (unpaired) electrons. The average molecular weight is 548 g/mol. The van der Waals surface area contributed by atoms with Gasteiger partial charge in [-0.3, -0.25) is 24.0 Å². The maximum atomic E-state index is 13.2. The van der Waals surface area contributed by atoms with Crippen LogP contribution in [0.1, 0.15) is 38.7 Å². The van der Waals surface area contributed by atoms with Gasteiger partial charge in [0.2, 0.25) is 17.7 Å². The monoisotopic (exact) mass is 547 g/mol. The number of hydrogen-bond acceptors (Lipinski definition) is 7. The first-order valence-corrected chi connectivity index (χ1v) is 12.2. The van der Waals surface area contributed by atoms with Crippen LogP contribution in [0.15, 0.2) is 30.5 Å². The first kappa shape index (κ1) is 30.8. The smallest absolute Gasteiger partial charge is 0.326 e. The van der Waals surface area contributed by atoms with E-state index < -0.39 is 72.6 Å². The Bertz CT molecular complexity index is 1230. The second-order valence-corrected chi connectivity index (χ2v) is 9.52. The Morgan fingerprint density at radius 2 is 1.38 bits per heavy atom. The summed E-state index contributed by atoms with van der Waals surface area (Å²) < 4.78 is 0. The average Bonchev–Trinajstić information content (AvgIpc) is 3.24. The van der Waals surface area contributed by atoms with Crippen LogP contribution in [-0.4, -0.2) is 80.1 Å². The first-order valence-electron chi connectivity index (χ1n) is 12.2. The molecule has 2 rings (SSSR count). The number of carbonyl (C=O) groups is 6. The van der Waals surface area contributed by atoms with Gasteiger partial charge in [0, 0.05) is 23.5 Å². The minimum Gasteiger partial charge on any atom is -0.481 e. The molecule has 9 N–H and O–H groups in total. The lowest BCUT2D eigenvalue weighted by Gasteiger charge is -2.25. The van der Waals surface area contributed by atoms with E-state index >= 15 is 0 Å². The van der Waals surface area contributed by atoms with Crippen molar-refractivity contribution >= 4 is 46.5 Å². The molecular formula is C25H33N5O9. The van der Waals surface area contributed by atoms with Gasteiger partial charge >= 0.3 is 17.9 Å². The molecule has 212 valence electrons. The lowest BCUT2D eigenvalue weighted by atomic mass is 10.0. The highest BCUT2D eigenvalue weighted by atomic mass is 16.4. The SMILES string of the molecule is CC(C)CC(NC(=O)C(Cc1c[nH]c2ccccc12)NC(=O)C(CC(=O)O)NC(=O)C(N)CC(=O)O)C(=O)O. The van der Waals surface area contributed by atoms with Gasteiger partial charge in [-0.15, -0.1) is 0 Å². The fourth-order valence-electron chi connectivity index (χ4n) is 3.91. The molecule has 14 heteroatoms. The molecule has 0 aliphatic carbocycles. The van der Waals surface area contributed by atoms with Gasteiger partial charge in [0.1, 0.15) is 18.1 Å². The van der Waals surface area contributed by atoms with Gasteiger partial charge in [-0.05, 0) is 24.0 Å². The minimum absolute atomic E-state index is 0.0711. The number of para-hydroxylation sites is 1. The molecule has 4 atom stereocenters. The van der Waals surface area contributed by atoms with E-state index in [1.165, 1.54) is 0 Å². The number of H-pyrrole nitrogens is 1. The molecule has 39 heavy (non-hydrogen) atoms. The van der Waals surface area contributed by atoms with Gasteiger partial charge in [-0.25, -0.2) is 4.79 Å². The second kappa shape index (κ2) is 13.9. The summed E-state index contributed by atoms with van der Waals surface area (Å²) in [7, 11) is 0. The minimum atomic E-state index is -1.70. The highest BCUT2D eigenvalue weighted by molar-refractivity contribution is 5.96. The molecule has 0 bridgehead atoms. The largest absolute Gasteiger partial charge is 0.481 e. The Morgan fingerprint density at radius 1 is 0.821 bits per heavy atom. The van der Waals surface area contributed by atoms with Crippen molar-refractivity contribution < 1.29 is 44.1 Å². The van der Waals surface area contributed by atoms with Crippen LogP contribution in [0, 0.1) is 5.92 Å². The summed E-state index contributed by atoms with van der Waals surface area (Å²) in [5, 5.41) is 35.4. The fraction of sp³-hybridized carbons (Fsp3) is 0.440. The summed E-state index contributed by atoms with van der Waals surface area (Å²) in [4.78, 5) is 75.7. The first-order chi connectivity index (χ1) is 18.3. The number of aromatic nitrogens is 1. The van der Waals surface area contributed by atoms with E-state index in [-0.39, 0.29) is 18.8 Å². The van der Waals surface area contributed by atoms with Crippen LogP contribution in [0.2, 0.25) is 0 Å². The van der Waals surface area contributed by atoms with Crippen molar-refractivity contribution in [3.63, 3.8) is 0 Å². The summed E-state index contributed by atoms with van der Waals surface area (Å²) in [5.74, 6) is -7.12. The molecular weight excluding hydrogens is 514 g/mol. The molecule has 3 amide bonds. The number of carboxylic acid groups (broad SMARTS) is 3. The van der Waals surface area contributed by atoms with Crippen LogP contribution in [0.5, 0.6) is 0 Å². The predicted octanol–water partition coefficient (Wildman–Crippen LogP) is -0.428. The van der Waals surface area contributed by atoms with Gasteiger partial charge in [0.25, 0.3) is 0 Å². The molecule has 0 aliphatic rings. The van der Waals surface area contributed by atoms with Gasteiger partial charge in [-0.2, -0.15) is 0 Å². The van der Waals surface area contributed by atoms with Crippen molar-refractivity contribution in [2.45, 2.75) is 63.7 Å². The van der Waals surface area contributed by atoms with Crippen LogP contribution in [0.3, 0.4) is 0 Å². The lowest BCUT2D eigenvalue weighted by Crippen LogP contribution is -2.58. The number of carbonyl (C=O) groups excluding carboxylic acids is 3. The molecule has 1 aromatic carbocycles. The predicted molar refractivity (Wildman–Crippen MR) is 137 cm³/mol. The molecule has 0 aliphatic heterocycles. The number of nitrogens with two attached hydrogens (primary N) is 1. The topological polar surface area (TPSA) is 241 Å². The normalized spacial score (nSPS) is 14.2. The van der Waals surface area contributed by atoms with Gasteiger partial charge in [0.05, 0.1) is 18.9 Å². The van der Waals surface area contributed by atoms with Crippen LogP contribution in [0.25, 0.3) is 10.9 Å². The van der Waals surface area contributed by atoms with Gasteiger partial charge < -0.3 is 42.0 Å². The molecule has 1 heterocycles. The Balaban J connectivity index is 2.33. The van der Waals surface area contributed by atoms with Crippen molar-refractivity contribution in [3.05, 3.63) is 36.0 Å². The molecule has 2 aromatic rings. The van der Waals surface area contributed by atoms with Crippen LogP contribution >= 0.6 is 0 Å². The molecule has 0 saturated heterocycles. The summed E-state index contributed by atoms with van der Waals surface area (Å²) in [6.45, 7) is 3.56. The molecule has 14 nitrogen and oxygen atoms in total. The molecule has 0 saturated carbocycles. The Labute approximate surface area is 223 Å². The maximum absolute atomic E-state index is 13.2. The zero-order valence-electron chi connectivity index (χ0n) is 21.5. The van der Waals surface area contributed by atoms with Crippen molar-refractivity contribution in [1.82, 2.24) is 20.9 Å². The van der Waals surface area contributed by atoms with E-state index in [1.54, 1.807) is 44.3 Å². The Hall–Kier alpha value is -4.46. The van der Waals surface area contributed by atoms with E-state index in [4.69, 9.17) is 10.8 Å². The second-order valence-electron chi connectivity index (χ2n) is 9.52. The highest BCUT2D eigenvalue weighted by Gasteiger charge is 2.32. The van der Waals surface area contributed by atoms with Crippen molar-refractivity contribution in [2.75, 3.05) is 0 Å². The third kappa shape index (κ3) is 9.41. The Kier molecular flexibility index (Phi) is 11.0. The van der Waals surface area contributed by atoms with Crippen molar-refractivity contribution in [1.29, 1.82) is 0 Å². The van der Waals surface area contributed by atoms with E-state index in [2.05, 4.69) is 20.9 Å². The summed E-state index contributed by atoms with van der Waals surface area (Å²) >= 11 is 0. The molecule has 0 fully saturated rings. The third-order valence-electron chi connectivity index (χ3n) is 5.80. The highest BCUT2D eigenvalue weighted by Crippen LogP contribution is 2.19. The number of carboxylic acids is 3. The number of amides is 3. The van der Waals surface area contributed by atoms with Crippen LogP contribution < -0.4 is 21.7 Å². The van der Waals surface area contributed by atoms with Crippen molar-refractivity contribution in [2.24, 2.45) is 11.7 Å². The molecule has 1 aromatic heterocycles. The van der Waals surface area contributed by atoms with E-state index in [9.17, 15) is 39.0 Å².